The monoisotopic (exact) mass is 372 g/mol. The molecule has 2 aliphatic rings. The molecule has 4 rings (SSSR count). The molecule has 2 bridgehead atoms. The fourth-order valence-electron chi connectivity index (χ4n) is 4.33. The van der Waals surface area contributed by atoms with Crippen LogP contribution in [0.15, 0.2) is 24.3 Å². The van der Waals surface area contributed by atoms with Crippen LogP contribution in [0.1, 0.15) is 39.6 Å². The zero-order chi connectivity index (χ0) is 18.3. The van der Waals surface area contributed by atoms with Gasteiger partial charge in [-0.1, -0.05) is 0 Å². The van der Waals surface area contributed by atoms with Gasteiger partial charge in [0.15, 0.2) is 0 Å². The van der Waals surface area contributed by atoms with Crippen LogP contribution in [0.3, 0.4) is 0 Å². The number of ether oxygens (including phenoxy) is 2. The molecule has 1 aromatic carbocycles. The van der Waals surface area contributed by atoms with Crippen molar-refractivity contribution in [1.82, 2.24) is 9.88 Å². The molecule has 1 amide bonds. The minimum absolute atomic E-state index is 0.128. The van der Waals surface area contributed by atoms with Crippen LogP contribution in [-0.4, -0.2) is 41.6 Å². The van der Waals surface area contributed by atoms with E-state index >= 15 is 0 Å². The molecule has 1 saturated heterocycles. The molecule has 5 nitrogen and oxygen atoms in total. The van der Waals surface area contributed by atoms with Crippen molar-refractivity contribution in [1.29, 1.82) is 0 Å². The second kappa shape index (κ2) is 6.91. The molecule has 1 saturated carbocycles. The van der Waals surface area contributed by atoms with Gasteiger partial charge in [0.05, 0.1) is 23.9 Å². The minimum Gasteiger partial charge on any atom is -0.497 e. The van der Waals surface area contributed by atoms with E-state index in [0.29, 0.717) is 18.6 Å². The van der Waals surface area contributed by atoms with E-state index in [2.05, 4.69) is 9.88 Å². The smallest absolute Gasteiger partial charge is 0.266 e. The van der Waals surface area contributed by atoms with Crippen molar-refractivity contribution in [3.8, 4) is 11.5 Å². The molecular formula is C20H24N2O3S. The lowest BCUT2D eigenvalue weighted by molar-refractivity contribution is 0.0509. The molecule has 0 unspecified atom stereocenters. The lowest BCUT2D eigenvalue weighted by atomic mass is 9.99. The number of carbonyl (C=O) groups excluding carboxylic acids is 1. The number of benzene rings is 1. The number of methoxy groups -OCH3 is 1. The lowest BCUT2D eigenvalue weighted by Gasteiger charge is -2.35. The molecule has 3 atom stereocenters. The van der Waals surface area contributed by atoms with Crippen LogP contribution in [0, 0.1) is 19.8 Å². The van der Waals surface area contributed by atoms with Gasteiger partial charge in [0.2, 0.25) is 0 Å². The highest BCUT2D eigenvalue weighted by Gasteiger charge is 2.49. The van der Waals surface area contributed by atoms with Crippen LogP contribution in [0.2, 0.25) is 0 Å². The van der Waals surface area contributed by atoms with Crippen LogP contribution >= 0.6 is 11.3 Å². The summed E-state index contributed by atoms with van der Waals surface area (Å²) in [6.45, 7) is 4.42. The summed E-state index contributed by atoms with van der Waals surface area (Å²) in [7, 11) is 1.65. The Morgan fingerprint density at radius 2 is 1.96 bits per heavy atom. The molecule has 1 aliphatic heterocycles. The number of likely N-dealkylation sites (tertiary alicyclic amines) is 1. The van der Waals surface area contributed by atoms with E-state index in [-0.39, 0.29) is 11.9 Å². The topological polar surface area (TPSA) is 51.7 Å². The molecule has 0 spiro atoms. The molecule has 2 heterocycles. The second-order valence-corrected chi connectivity index (χ2v) is 8.34. The van der Waals surface area contributed by atoms with Gasteiger partial charge in [-0.2, -0.15) is 0 Å². The van der Waals surface area contributed by atoms with Gasteiger partial charge >= 0.3 is 0 Å². The van der Waals surface area contributed by atoms with E-state index < -0.39 is 0 Å². The van der Waals surface area contributed by atoms with Crippen molar-refractivity contribution >= 4 is 17.2 Å². The Kier molecular flexibility index (Phi) is 4.61. The first-order valence-electron chi connectivity index (χ1n) is 9.10. The highest BCUT2D eigenvalue weighted by molar-refractivity contribution is 7.13. The fourth-order valence-corrected chi connectivity index (χ4v) is 5.19. The number of fused-ring (bicyclic) bond motifs is 2. The third-order valence-electron chi connectivity index (χ3n) is 5.55. The van der Waals surface area contributed by atoms with Gasteiger partial charge in [0.25, 0.3) is 5.91 Å². The zero-order valence-electron chi connectivity index (χ0n) is 15.4. The maximum Gasteiger partial charge on any atom is 0.266 e. The average molecular weight is 372 g/mol. The second-order valence-electron chi connectivity index (χ2n) is 7.14. The van der Waals surface area contributed by atoms with E-state index in [1.807, 2.05) is 38.1 Å². The molecule has 2 fully saturated rings. The van der Waals surface area contributed by atoms with E-state index in [1.54, 1.807) is 7.11 Å². The van der Waals surface area contributed by atoms with Gasteiger partial charge in [-0.05, 0) is 63.3 Å². The fraction of sp³-hybridized carbons (Fsp3) is 0.500. The Hall–Kier alpha value is -2.08. The zero-order valence-corrected chi connectivity index (χ0v) is 16.2. The highest BCUT2D eigenvalue weighted by atomic mass is 32.1. The first kappa shape index (κ1) is 17.3. The molecule has 2 aromatic rings. The third-order valence-corrected chi connectivity index (χ3v) is 6.61. The van der Waals surface area contributed by atoms with Crippen LogP contribution in [0.5, 0.6) is 11.5 Å². The summed E-state index contributed by atoms with van der Waals surface area (Å²) in [5.41, 5.74) is 0.843. The largest absolute Gasteiger partial charge is 0.497 e. The summed E-state index contributed by atoms with van der Waals surface area (Å²) in [6.07, 6.45) is 3.39. The molecule has 1 aliphatic carbocycles. The number of aromatic nitrogens is 1. The summed E-state index contributed by atoms with van der Waals surface area (Å²) >= 11 is 1.50. The van der Waals surface area contributed by atoms with Gasteiger partial charge in [-0.15, -0.1) is 11.3 Å². The Bertz CT molecular complexity index is 802. The van der Waals surface area contributed by atoms with Crippen LogP contribution in [-0.2, 0) is 0 Å². The summed E-state index contributed by atoms with van der Waals surface area (Å²) in [4.78, 5) is 20.5. The standard InChI is InChI=1S/C20H24N2O3S/c1-12-19(26-13(2)21-12)20(23)22-15-5-4-14(10-15)18(22)11-25-17-8-6-16(24-3)7-9-17/h6-9,14-15,18H,4-5,10-11H2,1-3H3/t14-,15+,18+/m1/s1. The Morgan fingerprint density at radius 3 is 2.62 bits per heavy atom. The van der Waals surface area contributed by atoms with Crippen LogP contribution < -0.4 is 9.47 Å². The van der Waals surface area contributed by atoms with Crippen LogP contribution in [0.25, 0.3) is 0 Å². The number of hydrogen-bond acceptors (Lipinski definition) is 5. The number of thiazole rings is 1. The van der Waals surface area contributed by atoms with E-state index in [9.17, 15) is 4.79 Å². The molecule has 138 valence electrons. The summed E-state index contributed by atoms with van der Waals surface area (Å²) in [6, 6.07) is 8.10. The molecule has 0 N–H and O–H groups in total. The highest BCUT2D eigenvalue weighted by Crippen LogP contribution is 2.43. The maximum atomic E-state index is 13.2. The number of aryl methyl sites for hydroxylation is 2. The van der Waals surface area contributed by atoms with Crippen molar-refractivity contribution < 1.29 is 14.3 Å². The Morgan fingerprint density at radius 1 is 1.23 bits per heavy atom. The van der Waals surface area contributed by atoms with Gasteiger partial charge in [0.1, 0.15) is 23.0 Å². The quantitative estimate of drug-likeness (QED) is 0.800. The number of rotatable bonds is 5. The van der Waals surface area contributed by atoms with E-state index in [0.717, 1.165) is 39.9 Å². The summed E-state index contributed by atoms with van der Waals surface area (Å²) in [5, 5.41) is 0.946. The Labute approximate surface area is 157 Å². The first-order valence-corrected chi connectivity index (χ1v) is 9.92. The van der Waals surface area contributed by atoms with E-state index in [1.165, 1.54) is 17.8 Å². The molecule has 26 heavy (non-hydrogen) atoms. The number of piperidine rings is 1. The van der Waals surface area contributed by atoms with Crippen LogP contribution in [0.4, 0.5) is 0 Å². The minimum atomic E-state index is 0.128. The molecule has 6 heteroatoms. The molecular weight excluding hydrogens is 348 g/mol. The lowest BCUT2D eigenvalue weighted by Crippen LogP contribution is -2.47. The molecule has 0 radical (unpaired) electrons. The predicted octanol–water partition coefficient (Wildman–Crippen LogP) is 3.84. The van der Waals surface area contributed by atoms with Gasteiger partial charge in [-0.25, -0.2) is 4.98 Å². The van der Waals surface area contributed by atoms with E-state index in [4.69, 9.17) is 9.47 Å². The number of nitrogens with zero attached hydrogens (tertiary/aromatic N) is 2. The van der Waals surface area contributed by atoms with Gasteiger partial charge in [0, 0.05) is 6.04 Å². The molecule has 1 aromatic heterocycles. The number of amides is 1. The van der Waals surface area contributed by atoms with Crippen molar-refractivity contribution in [2.24, 2.45) is 5.92 Å². The third kappa shape index (κ3) is 3.07. The maximum absolute atomic E-state index is 13.2. The SMILES string of the molecule is COc1ccc(OC[C@H]2[C@@H]3CC[C@@H](C3)N2C(=O)c2sc(C)nc2C)cc1. The summed E-state index contributed by atoms with van der Waals surface area (Å²) in [5.74, 6) is 2.29. The summed E-state index contributed by atoms with van der Waals surface area (Å²) < 4.78 is 11.2. The van der Waals surface area contributed by atoms with Crippen molar-refractivity contribution in [2.75, 3.05) is 13.7 Å². The van der Waals surface area contributed by atoms with Crippen molar-refractivity contribution in [3.63, 3.8) is 0 Å². The predicted molar refractivity (Wildman–Crippen MR) is 101 cm³/mol. The first-order chi connectivity index (χ1) is 12.6. The average Bonchev–Trinajstić information content (AvgIpc) is 3.34. The van der Waals surface area contributed by atoms with Crippen molar-refractivity contribution in [2.45, 2.75) is 45.2 Å². The van der Waals surface area contributed by atoms with Gasteiger partial charge < -0.3 is 14.4 Å². The normalized spacial score (nSPS) is 24.1. The van der Waals surface area contributed by atoms with Gasteiger partial charge in [-0.3, -0.25) is 4.79 Å². The number of carbonyl (C=O) groups is 1. The van der Waals surface area contributed by atoms with Crippen molar-refractivity contribution in [3.05, 3.63) is 39.8 Å². The Balaban J connectivity index is 1.50. The number of hydrogen-bond donors (Lipinski definition) is 0.